The van der Waals surface area contributed by atoms with Crippen LogP contribution < -0.4 is 10.2 Å². The number of thiazole rings is 1. The van der Waals surface area contributed by atoms with Gasteiger partial charge in [-0.2, -0.15) is 0 Å². The van der Waals surface area contributed by atoms with Crippen molar-refractivity contribution in [3.63, 3.8) is 0 Å². The van der Waals surface area contributed by atoms with Gasteiger partial charge in [-0.15, -0.1) is 11.3 Å². The molecule has 3 aromatic rings. The molecular weight excluding hydrogens is 370 g/mol. The Labute approximate surface area is 169 Å². The van der Waals surface area contributed by atoms with Gasteiger partial charge in [0.15, 0.2) is 0 Å². The molecule has 0 aliphatic carbocycles. The van der Waals surface area contributed by atoms with Crippen LogP contribution in [0.25, 0.3) is 10.6 Å². The minimum atomic E-state index is -0.0557. The maximum Gasteiger partial charge on any atom is 0.230 e. The molecule has 2 heterocycles. The monoisotopic (exact) mass is 393 g/mol. The minimum Gasteiger partial charge on any atom is -0.378 e. The van der Waals surface area contributed by atoms with Gasteiger partial charge in [0.2, 0.25) is 5.91 Å². The molecule has 1 fully saturated rings. The smallest absolute Gasteiger partial charge is 0.230 e. The summed E-state index contributed by atoms with van der Waals surface area (Å²) < 4.78 is 5.39. The van der Waals surface area contributed by atoms with Crippen molar-refractivity contribution < 1.29 is 9.53 Å². The van der Waals surface area contributed by atoms with Crippen LogP contribution in [0.15, 0.2) is 53.9 Å². The number of aryl methyl sites for hydroxylation is 1. The fourth-order valence-corrected chi connectivity index (χ4v) is 3.99. The number of aromatic nitrogens is 1. The van der Waals surface area contributed by atoms with E-state index in [1.54, 1.807) is 11.3 Å². The molecule has 5 nitrogen and oxygen atoms in total. The Morgan fingerprint density at radius 3 is 2.54 bits per heavy atom. The largest absolute Gasteiger partial charge is 0.378 e. The number of nitrogens with zero attached hydrogens (tertiary/aromatic N) is 2. The van der Waals surface area contributed by atoms with E-state index in [4.69, 9.17) is 4.74 Å². The number of rotatable bonds is 5. The molecule has 1 amide bonds. The van der Waals surface area contributed by atoms with Crippen molar-refractivity contribution in [1.82, 2.24) is 4.98 Å². The van der Waals surface area contributed by atoms with Crippen molar-refractivity contribution in [1.29, 1.82) is 0 Å². The van der Waals surface area contributed by atoms with E-state index < -0.39 is 0 Å². The fraction of sp³-hybridized carbons (Fsp3) is 0.273. The van der Waals surface area contributed by atoms with Crippen molar-refractivity contribution in [3.05, 3.63) is 65.2 Å². The van der Waals surface area contributed by atoms with Gasteiger partial charge in [-0.1, -0.05) is 29.8 Å². The van der Waals surface area contributed by atoms with E-state index in [2.05, 4.69) is 46.4 Å². The van der Waals surface area contributed by atoms with Gasteiger partial charge >= 0.3 is 0 Å². The predicted octanol–water partition coefficient (Wildman–Crippen LogP) is 4.14. The average molecular weight is 394 g/mol. The normalized spacial score (nSPS) is 14.1. The number of hydrogen-bond donors (Lipinski definition) is 1. The molecule has 1 aliphatic rings. The summed E-state index contributed by atoms with van der Waals surface area (Å²) in [5.74, 6) is -0.0557. The third-order valence-corrected chi connectivity index (χ3v) is 5.66. The van der Waals surface area contributed by atoms with E-state index in [1.807, 2.05) is 29.6 Å². The van der Waals surface area contributed by atoms with Crippen LogP contribution in [0.1, 0.15) is 11.3 Å². The summed E-state index contributed by atoms with van der Waals surface area (Å²) in [6.45, 7) is 5.39. The Morgan fingerprint density at radius 1 is 1.11 bits per heavy atom. The minimum absolute atomic E-state index is 0.0557. The molecule has 1 saturated heterocycles. The summed E-state index contributed by atoms with van der Waals surface area (Å²) in [6, 6.07) is 16.2. The third kappa shape index (κ3) is 4.58. The van der Waals surface area contributed by atoms with Crippen LogP contribution in [-0.2, 0) is 16.0 Å². The summed E-state index contributed by atoms with van der Waals surface area (Å²) in [5.41, 5.74) is 5.06. The number of nitrogens with one attached hydrogen (secondary N) is 1. The molecule has 144 valence electrons. The molecule has 0 spiro atoms. The van der Waals surface area contributed by atoms with Crippen LogP contribution in [0.3, 0.4) is 0 Å². The summed E-state index contributed by atoms with van der Waals surface area (Å²) in [4.78, 5) is 19.3. The van der Waals surface area contributed by atoms with Crippen molar-refractivity contribution in [3.8, 4) is 10.6 Å². The van der Waals surface area contributed by atoms with Gasteiger partial charge in [0.05, 0.1) is 25.3 Å². The Hall–Kier alpha value is -2.70. The molecule has 1 N–H and O–H groups in total. The Bertz CT molecular complexity index is 929. The molecule has 28 heavy (non-hydrogen) atoms. The summed E-state index contributed by atoms with van der Waals surface area (Å²) in [6.07, 6.45) is 0.271. The SMILES string of the molecule is Cc1ccc(-c2nc(CC(=O)Nc3ccc(N4CCOCC4)cc3)cs2)cc1. The van der Waals surface area contributed by atoms with Crippen LogP contribution in [0, 0.1) is 6.92 Å². The van der Waals surface area contributed by atoms with Gasteiger partial charge in [-0.05, 0) is 31.2 Å². The zero-order valence-electron chi connectivity index (χ0n) is 15.9. The molecule has 0 atom stereocenters. The molecule has 2 aromatic carbocycles. The number of morpholine rings is 1. The third-order valence-electron chi connectivity index (χ3n) is 4.72. The highest BCUT2D eigenvalue weighted by atomic mass is 32.1. The lowest BCUT2D eigenvalue weighted by Gasteiger charge is -2.28. The second-order valence-corrected chi connectivity index (χ2v) is 7.74. The predicted molar refractivity (Wildman–Crippen MR) is 114 cm³/mol. The van der Waals surface area contributed by atoms with E-state index >= 15 is 0 Å². The molecule has 0 bridgehead atoms. The number of hydrogen-bond acceptors (Lipinski definition) is 5. The number of carbonyl (C=O) groups is 1. The first-order valence-corrected chi connectivity index (χ1v) is 10.3. The van der Waals surface area contributed by atoms with E-state index in [9.17, 15) is 4.79 Å². The first kappa shape index (κ1) is 18.7. The van der Waals surface area contributed by atoms with Gasteiger partial charge in [-0.3, -0.25) is 4.79 Å². The highest BCUT2D eigenvalue weighted by molar-refractivity contribution is 7.13. The Kier molecular flexibility index (Phi) is 5.69. The summed E-state index contributed by atoms with van der Waals surface area (Å²) >= 11 is 1.57. The van der Waals surface area contributed by atoms with Gasteiger partial charge in [-0.25, -0.2) is 4.98 Å². The Balaban J connectivity index is 1.35. The standard InChI is InChI=1S/C22H23N3O2S/c1-16-2-4-17(5-3-16)22-24-19(15-28-22)14-21(26)23-18-6-8-20(9-7-18)25-10-12-27-13-11-25/h2-9,15H,10-14H2,1H3,(H,23,26). The van der Waals surface area contributed by atoms with Crippen LogP contribution in [-0.4, -0.2) is 37.2 Å². The number of benzene rings is 2. The highest BCUT2D eigenvalue weighted by Gasteiger charge is 2.12. The Morgan fingerprint density at radius 2 is 1.82 bits per heavy atom. The van der Waals surface area contributed by atoms with E-state index in [1.165, 1.54) is 5.56 Å². The molecule has 0 saturated carbocycles. The van der Waals surface area contributed by atoms with Gasteiger partial charge in [0, 0.05) is 35.4 Å². The van der Waals surface area contributed by atoms with Gasteiger partial charge in [0.1, 0.15) is 5.01 Å². The van der Waals surface area contributed by atoms with Gasteiger partial charge < -0.3 is 15.0 Å². The summed E-state index contributed by atoms with van der Waals surface area (Å²) in [5, 5.41) is 5.86. The zero-order chi connectivity index (χ0) is 19.3. The summed E-state index contributed by atoms with van der Waals surface area (Å²) in [7, 11) is 0. The maximum absolute atomic E-state index is 12.4. The number of carbonyl (C=O) groups excluding carboxylic acids is 1. The average Bonchev–Trinajstić information content (AvgIpc) is 3.18. The van der Waals surface area contributed by atoms with E-state index in [0.717, 1.165) is 53.9 Å². The van der Waals surface area contributed by atoms with Crippen LogP contribution in [0.4, 0.5) is 11.4 Å². The first-order valence-electron chi connectivity index (χ1n) is 9.41. The van der Waals surface area contributed by atoms with Crippen LogP contribution >= 0.6 is 11.3 Å². The maximum atomic E-state index is 12.4. The second kappa shape index (κ2) is 8.54. The number of ether oxygens (including phenoxy) is 1. The fourth-order valence-electron chi connectivity index (χ4n) is 3.16. The molecule has 6 heteroatoms. The second-order valence-electron chi connectivity index (χ2n) is 6.88. The van der Waals surface area contributed by atoms with Crippen LogP contribution in [0.5, 0.6) is 0 Å². The van der Waals surface area contributed by atoms with E-state index in [-0.39, 0.29) is 12.3 Å². The van der Waals surface area contributed by atoms with Crippen molar-refractivity contribution >= 4 is 28.6 Å². The zero-order valence-corrected chi connectivity index (χ0v) is 16.7. The molecule has 1 aromatic heterocycles. The topological polar surface area (TPSA) is 54.5 Å². The molecular formula is C22H23N3O2S. The van der Waals surface area contributed by atoms with Crippen molar-refractivity contribution in [2.75, 3.05) is 36.5 Å². The molecule has 4 rings (SSSR count). The van der Waals surface area contributed by atoms with Crippen LogP contribution in [0.2, 0.25) is 0 Å². The highest BCUT2D eigenvalue weighted by Crippen LogP contribution is 2.24. The van der Waals surface area contributed by atoms with E-state index in [0.29, 0.717) is 0 Å². The molecule has 0 unspecified atom stereocenters. The quantitative estimate of drug-likeness (QED) is 0.708. The van der Waals surface area contributed by atoms with Gasteiger partial charge in [0.25, 0.3) is 0 Å². The first-order chi connectivity index (χ1) is 13.7. The van der Waals surface area contributed by atoms with Crippen molar-refractivity contribution in [2.24, 2.45) is 0 Å². The number of amides is 1. The van der Waals surface area contributed by atoms with Crippen molar-refractivity contribution in [2.45, 2.75) is 13.3 Å². The molecule has 0 radical (unpaired) electrons. The lowest BCUT2D eigenvalue weighted by molar-refractivity contribution is -0.115. The lowest BCUT2D eigenvalue weighted by Crippen LogP contribution is -2.36. The lowest BCUT2D eigenvalue weighted by atomic mass is 10.2. The number of anilines is 2. The molecule has 1 aliphatic heterocycles.